The molecule has 0 saturated heterocycles. The molecular weight excluding hydrogens is 272 g/mol. The lowest BCUT2D eigenvalue weighted by Gasteiger charge is -2.33. The monoisotopic (exact) mass is 298 g/mol. The molecule has 0 radical (unpaired) electrons. The van der Waals surface area contributed by atoms with Crippen LogP contribution in [-0.4, -0.2) is 18.0 Å². The van der Waals surface area contributed by atoms with Crippen molar-refractivity contribution in [3.8, 4) is 0 Å². The zero-order chi connectivity index (χ0) is 14.5. The van der Waals surface area contributed by atoms with E-state index < -0.39 is 6.04 Å². The van der Waals surface area contributed by atoms with Crippen LogP contribution >= 0.6 is 12.4 Å². The summed E-state index contributed by atoms with van der Waals surface area (Å²) in [6.45, 7) is 8.34. The number of hydrogen-bond donors (Lipinski definition) is 2. The molecule has 1 aromatic rings. The Morgan fingerprint density at radius 3 is 2.35 bits per heavy atom. The predicted molar refractivity (Wildman–Crippen MR) is 87.2 cm³/mol. The first-order valence-corrected chi connectivity index (χ1v) is 7.01. The molecule has 4 heteroatoms. The molecule has 2 atom stereocenters. The fraction of sp³-hybridized carbons (Fsp3) is 0.562. The molecule has 0 saturated carbocycles. The summed E-state index contributed by atoms with van der Waals surface area (Å²) in [5.74, 6) is -0.0571. The number of nitrogens with two attached hydrogens (primary N) is 1. The highest BCUT2D eigenvalue weighted by molar-refractivity contribution is 5.85. The maximum Gasteiger partial charge on any atom is 0.237 e. The minimum Gasteiger partial charge on any atom is -0.351 e. The van der Waals surface area contributed by atoms with E-state index in [0.717, 1.165) is 12.8 Å². The predicted octanol–water partition coefficient (Wildman–Crippen LogP) is 3.02. The average molecular weight is 299 g/mol. The third kappa shape index (κ3) is 4.80. The van der Waals surface area contributed by atoms with E-state index in [1.54, 1.807) is 0 Å². The van der Waals surface area contributed by atoms with Crippen LogP contribution in [0.2, 0.25) is 0 Å². The van der Waals surface area contributed by atoms with E-state index in [-0.39, 0.29) is 29.8 Å². The third-order valence-electron chi connectivity index (χ3n) is 3.90. The Bertz CT molecular complexity index is 406. The zero-order valence-corrected chi connectivity index (χ0v) is 13.7. The first kappa shape index (κ1) is 18.9. The second-order valence-electron chi connectivity index (χ2n) is 5.71. The van der Waals surface area contributed by atoms with E-state index in [1.165, 1.54) is 5.56 Å². The first-order chi connectivity index (χ1) is 8.89. The Labute approximate surface area is 128 Å². The van der Waals surface area contributed by atoms with E-state index in [1.807, 2.05) is 32.0 Å². The Hall–Kier alpha value is -1.06. The molecule has 3 N–H and O–H groups in total. The van der Waals surface area contributed by atoms with E-state index in [2.05, 4.69) is 31.3 Å². The molecule has 0 aromatic heterocycles. The van der Waals surface area contributed by atoms with Gasteiger partial charge in [-0.05, 0) is 18.9 Å². The summed E-state index contributed by atoms with van der Waals surface area (Å²) in [5.41, 5.74) is 6.94. The lowest BCUT2D eigenvalue weighted by molar-refractivity contribution is -0.123. The van der Waals surface area contributed by atoms with E-state index in [4.69, 9.17) is 5.73 Å². The van der Waals surface area contributed by atoms with Crippen molar-refractivity contribution in [2.45, 2.75) is 58.0 Å². The van der Waals surface area contributed by atoms with Crippen molar-refractivity contribution in [1.82, 2.24) is 5.32 Å². The topological polar surface area (TPSA) is 55.1 Å². The van der Waals surface area contributed by atoms with Gasteiger partial charge in [-0.3, -0.25) is 4.79 Å². The normalized spacial score (nSPS) is 14.1. The van der Waals surface area contributed by atoms with Gasteiger partial charge in [0.05, 0.1) is 6.04 Å². The Balaban J connectivity index is 0.00000361. The van der Waals surface area contributed by atoms with E-state index in [9.17, 15) is 4.79 Å². The van der Waals surface area contributed by atoms with Gasteiger partial charge in [-0.1, -0.05) is 57.5 Å². The van der Waals surface area contributed by atoms with Gasteiger partial charge in [0, 0.05) is 11.5 Å². The van der Waals surface area contributed by atoms with Crippen LogP contribution in [0.25, 0.3) is 0 Å². The first-order valence-electron chi connectivity index (χ1n) is 7.01. The van der Waals surface area contributed by atoms with Crippen LogP contribution in [0.4, 0.5) is 0 Å². The molecule has 0 aliphatic heterocycles. The molecule has 114 valence electrons. The standard InChI is InChI=1S/C16H26N2O.ClH/c1-5-9-14(17)15(19)18-12(2)16(3,4)13-10-7-6-8-11-13;/h6-8,10-12,14H,5,9,17H2,1-4H3,(H,18,19);1H. The van der Waals surface area contributed by atoms with Crippen LogP contribution in [0.5, 0.6) is 0 Å². The van der Waals surface area contributed by atoms with E-state index >= 15 is 0 Å². The fourth-order valence-corrected chi connectivity index (χ4v) is 2.06. The summed E-state index contributed by atoms with van der Waals surface area (Å²) >= 11 is 0. The number of halogens is 1. The smallest absolute Gasteiger partial charge is 0.237 e. The van der Waals surface area contributed by atoms with Gasteiger partial charge in [0.25, 0.3) is 0 Å². The number of hydrogen-bond acceptors (Lipinski definition) is 2. The second-order valence-corrected chi connectivity index (χ2v) is 5.71. The highest BCUT2D eigenvalue weighted by Gasteiger charge is 2.29. The Kier molecular flexibility index (Phi) is 7.84. The summed E-state index contributed by atoms with van der Waals surface area (Å²) < 4.78 is 0. The third-order valence-corrected chi connectivity index (χ3v) is 3.90. The van der Waals surface area contributed by atoms with Crippen LogP contribution < -0.4 is 11.1 Å². The highest BCUT2D eigenvalue weighted by atomic mass is 35.5. The molecule has 0 bridgehead atoms. The van der Waals surface area contributed by atoms with Gasteiger partial charge in [0.2, 0.25) is 5.91 Å². The van der Waals surface area contributed by atoms with Crippen molar-refractivity contribution in [3.05, 3.63) is 35.9 Å². The van der Waals surface area contributed by atoms with Gasteiger partial charge in [-0.2, -0.15) is 0 Å². The maximum atomic E-state index is 12.0. The van der Waals surface area contributed by atoms with Crippen LogP contribution in [0.15, 0.2) is 30.3 Å². The van der Waals surface area contributed by atoms with Crippen molar-refractivity contribution < 1.29 is 4.79 Å². The van der Waals surface area contributed by atoms with Crippen molar-refractivity contribution in [2.75, 3.05) is 0 Å². The molecule has 3 nitrogen and oxygen atoms in total. The van der Waals surface area contributed by atoms with Crippen molar-refractivity contribution >= 4 is 18.3 Å². The summed E-state index contributed by atoms with van der Waals surface area (Å²) in [7, 11) is 0. The molecule has 0 heterocycles. The largest absolute Gasteiger partial charge is 0.351 e. The number of rotatable bonds is 6. The van der Waals surface area contributed by atoms with Gasteiger partial charge >= 0.3 is 0 Å². The molecular formula is C16H27ClN2O. The Morgan fingerprint density at radius 2 is 1.85 bits per heavy atom. The number of carbonyl (C=O) groups excluding carboxylic acids is 1. The molecule has 2 unspecified atom stereocenters. The van der Waals surface area contributed by atoms with Gasteiger partial charge in [-0.25, -0.2) is 0 Å². The highest BCUT2D eigenvalue weighted by Crippen LogP contribution is 2.26. The number of benzene rings is 1. The Morgan fingerprint density at radius 1 is 1.30 bits per heavy atom. The number of nitrogens with one attached hydrogen (secondary N) is 1. The molecule has 1 rings (SSSR count). The molecule has 0 fully saturated rings. The van der Waals surface area contributed by atoms with Crippen molar-refractivity contribution in [1.29, 1.82) is 0 Å². The zero-order valence-electron chi connectivity index (χ0n) is 12.8. The molecule has 0 aliphatic carbocycles. The van der Waals surface area contributed by atoms with Crippen molar-refractivity contribution in [2.24, 2.45) is 5.73 Å². The maximum absolute atomic E-state index is 12.0. The van der Waals surface area contributed by atoms with Crippen LogP contribution in [0.1, 0.15) is 46.1 Å². The van der Waals surface area contributed by atoms with E-state index in [0.29, 0.717) is 0 Å². The lowest BCUT2D eigenvalue weighted by atomic mass is 9.78. The van der Waals surface area contributed by atoms with Crippen LogP contribution in [-0.2, 0) is 10.2 Å². The molecule has 20 heavy (non-hydrogen) atoms. The minimum atomic E-state index is -0.404. The molecule has 0 aliphatic rings. The fourth-order valence-electron chi connectivity index (χ4n) is 2.06. The average Bonchev–Trinajstić information content (AvgIpc) is 2.39. The summed E-state index contributed by atoms with van der Waals surface area (Å²) in [4.78, 5) is 12.0. The van der Waals surface area contributed by atoms with Gasteiger partial charge in [0.15, 0.2) is 0 Å². The van der Waals surface area contributed by atoms with Crippen LogP contribution in [0.3, 0.4) is 0 Å². The number of amides is 1. The minimum absolute atomic E-state index is 0. The van der Waals surface area contributed by atoms with Crippen molar-refractivity contribution in [3.63, 3.8) is 0 Å². The molecule has 1 aromatic carbocycles. The van der Waals surface area contributed by atoms with Crippen LogP contribution in [0, 0.1) is 0 Å². The van der Waals surface area contributed by atoms with Gasteiger partial charge < -0.3 is 11.1 Å². The second kappa shape index (κ2) is 8.28. The summed E-state index contributed by atoms with van der Waals surface area (Å²) in [6.07, 6.45) is 1.65. The summed E-state index contributed by atoms with van der Waals surface area (Å²) in [5, 5.41) is 3.04. The molecule has 1 amide bonds. The van der Waals surface area contributed by atoms with Gasteiger partial charge in [-0.15, -0.1) is 12.4 Å². The summed E-state index contributed by atoms with van der Waals surface area (Å²) in [6, 6.07) is 9.86. The SMILES string of the molecule is CCCC(N)C(=O)NC(C)C(C)(C)c1ccccc1.Cl. The molecule has 0 spiro atoms. The van der Waals surface area contributed by atoms with Gasteiger partial charge in [0.1, 0.15) is 0 Å². The number of carbonyl (C=O) groups is 1. The lowest BCUT2D eigenvalue weighted by Crippen LogP contribution is -2.50. The quantitative estimate of drug-likeness (QED) is 0.848.